The fraction of sp³-hybridized carbons (Fsp3) is 0.143. The molecule has 0 aliphatic carbocycles. The van der Waals surface area contributed by atoms with E-state index in [-0.39, 0.29) is 11.5 Å². The van der Waals surface area contributed by atoms with E-state index in [1.54, 1.807) is 0 Å². The van der Waals surface area contributed by atoms with Gasteiger partial charge in [0.15, 0.2) is 5.57 Å². The van der Waals surface area contributed by atoms with Crippen LogP contribution in [0, 0.1) is 21.4 Å². The third kappa shape index (κ3) is 2.28. The van der Waals surface area contributed by atoms with E-state index in [2.05, 4.69) is 0 Å². The van der Waals surface area contributed by atoms with Crippen molar-refractivity contribution in [3.63, 3.8) is 0 Å². The summed E-state index contributed by atoms with van der Waals surface area (Å²) in [6.07, 6.45) is -1.04. The minimum atomic E-state index is -1.83. The first-order valence-electron chi connectivity index (χ1n) is 8.90. The van der Waals surface area contributed by atoms with E-state index in [1.807, 2.05) is 66.7 Å². The molecule has 2 aromatic carbocycles. The molecule has 0 saturated heterocycles. The number of rotatable bonds is 2. The Hall–Kier alpha value is -3.57. The summed E-state index contributed by atoms with van der Waals surface area (Å²) in [5, 5.41) is 23.1. The lowest BCUT2D eigenvalue weighted by atomic mass is 9.77. The van der Waals surface area contributed by atoms with Crippen LogP contribution >= 0.6 is 11.8 Å². The van der Waals surface area contributed by atoms with Crippen LogP contribution in [0.4, 0.5) is 0 Å². The van der Waals surface area contributed by atoms with Crippen molar-refractivity contribution in [2.45, 2.75) is 21.9 Å². The smallest absolute Gasteiger partial charge is 0.318 e. The van der Waals surface area contributed by atoms with E-state index in [4.69, 9.17) is 15.5 Å². The third-order valence-corrected chi connectivity index (χ3v) is 6.85. The standard InChI is InChI=1S/C21H14N4O3S/c22-11-15-19(23)28-17-14-10-13-8-4-5-9-16(13)24-20(14)29-18(21(15,17)25(26)27)12-6-2-1-3-7-12/h1-10,17-18H,23H2/t17-,18-,21+/m1/s1. The summed E-state index contributed by atoms with van der Waals surface area (Å²) in [6, 6.07) is 20.5. The van der Waals surface area contributed by atoms with Gasteiger partial charge in [-0.25, -0.2) is 4.98 Å². The molecule has 2 aliphatic heterocycles. The molecule has 3 atom stereocenters. The normalized spacial score (nSPS) is 25.1. The van der Waals surface area contributed by atoms with Crippen molar-refractivity contribution in [1.29, 1.82) is 5.26 Å². The molecular formula is C21H14N4O3S. The van der Waals surface area contributed by atoms with Gasteiger partial charge in [0.25, 0.3) is 0 Å². The number of thioether (sulfide) groups is 1. The van der Waals surface area contributed by atoms with E-state index in [9.17, 15) is 15.4 Å². The van der Waals surface area contributed by atoms with Crippen LogP contribution in [0.5, 0.6) is 0 Å². The molecule has 0 radical (unpaired) electrons. The van der Waals surface area contributed by atoms with E-state index in [0.717, 1.165) is 10.9 Å². The molecule has 2 aliphatic rings. The minimum Gasteiger partial charge on any atom is -0.462 e. The second-order valence-corrected chi connectivity index (χ2v) is 8.01. The molecule has 3 heterocycles. The zero-order chi connectivity index (χ0) is 20.2. The Bertz CT molecular complexity index is 1240. The van der Waals surface area contributed by atoms with Gasteiger partial charge in [-0.3, -0.25) is 10.1 Å². The molecule has 2 N–H and O–H groups in total. The van der Waals surface area contributed by atoms with Gasteiger partial charge in [-0.15, -0.1) is 0 Å². The number of fused-ring (bicyclic) bond motifs is 4. The molecule has 0 amide bonds. The highest BCUT2D eigenvalue weighted by atomic mass is 32.2. The van der Waals surface area contributed by atoms with Crippen LogP contribution in [0.25, 0.3) is 10.9 Å². The maximum atomic E-state index is 12.6. The predicted octanol–water partition coefficient (Wildman–Crippen LogP) is 3.86. The molecule has 0 saturated carbocycles. The van der Waals surface area contributed by atoms with E-state index in [0.29, 0.717) is 16.2 Å². The summed E-state index contributed by atoms with van der Waals surface area (Å²) >= 11 is 1.28. The average Bonchev–Trinajstić information content (AvgIpc) is 3.05. The molecule has 0 bridgehead atoms. The van der Waals surface area contributed by atoms with Gasteiger partial charge < -0.3 is 10.5 Å². The zero-order valence-corrected chi connectivity index (χ0v) is 15.8. The quantitative estimate of drug-likeness (QED) is 0.511. The lowest BCUT2D eigenvalue weighted by Crippen LogP contribution is -2.50. The zero-order valence-electron chi connectivity index (χ0n) is 15.0. The Labute approximate surface area is 170 Å². The van der Waals surface area contributed by atoms with Crippen LogP contribution in [0.1, 0.15) is 22.5 Å². The van der Waals surface area contributed by atoms with Crippen LogP contribution in [-0.2, 0) is 4.74 Å². The predicted molar refractivity (Wildman–Crippen MR) is 107 cm³/mol. The molecule has 0 spiro atoms. The van der Waals surface area contributed by atoms with Gasteiger partial charge in [0.1, 0.15) is 16.3 Å². The van der Waals surface area contributed by atoms with Crippen molar-refractivity contribution in [3.8, 4) is 6.07 Å². The highest BCUT2D eigenvalue weighted by Crippen LogP contribution is 2.62. The Balaban J connectivity index is 1.84. The molecule has 0 fully saturated rings. The highest BCUT2D eigenvalue weighted by molar-refractivity contribution is 7.99. The number of pyridine rings is 1. The molecule has 3 aromatic rings. The van der Waals surface area contributed by atoms with Crippen molar-refractivity contribution in [2.75, 3.05) is 0 Å². The van der Waals surface area contributed by atoms with Crippen molar-refractivity contribution >= 4 is 22.7 Å². The number of nitriles is 1. The number of aromatic nitrogens is 1. The lowest BCUT2D eigenvalue weighted by Gasteiger charge is -2.37. The van der Waals surface area contributed by atoms with Gasteiger partial charge >= 0.3 is 5.54 Å². The Morgan fingerprint density at radius 1 is 1.21 bits per heavy atom. The first-order chi connectivity index (χ1) is 14.1. The topological polar surface area (TPSA) is 115 Å². The second kappa shape index (κ2) is 6.22. The minimum absolute atomic E-state index is 0.146. The van der Waals surface area contributed by atoms with Gasteiger partial charge in [-0.05, 0) is 17.7 Å². The Morgan fingerprint density at radius 3 is 2.66 bits per heavy atom. The van der Waals surface area contributed by atoms with Crippen molar-refractivity contribution < 1.29 is 9.66 Å². The number of hydrogen-bond acceptors (Lipinski definition) is 7. The van der Waals surface area contributed by atoms with Gasteiger partial charge in [-0.2, -0.15) is 5.26 Å². The lowest BCUT2D eigenvalue weighted by molar-refractivity contribution is -0.568. The Morgan fingerprint density at radius 2 is 1.93 bits per heavy atom. The second-order valence-electron chi connectivity index (χ2n) is 6.92. The van der Waals surface area contributed by atoms with Crippen LogP contribution in [-0.4, -0.2) is 15.4 Å². The molecule has 1 aromatic heterocycles. The highest BCUT2D eigenvalue weighted by Gasteiger charge is 2.70. The number of hydrogen-bond donors (Lipinski definition) is 1. The summed E-state index contributed by atoms with van der Waals surface area (Å²) in [7, 11) is 0. The number of ether oxygens (including phenoxy) is 1. The largest absolute Gasteiger partial charge is 0.462 e. The van der Waals surface area contributed by atoms with Crippen LogP contribution in [0.2, 0.25) is 0 Å². The molecule has 0 unspecified atom stereocenters. The Kier molecular flexibility index (Phi) is 3.76. The monoisotopic (exact) mass is 402 g/mol. The number of nitrogens with two attached hydrogens (primary N) is 1. The molecule has 29 heavy (non-hydrogen) atoms. The van der Waals surface area contributed by atoms with Gasteiger partial charge in [0.05, 0.1) is 5.52 Å². The fourth-order valence-electron chi connectivity index (χ4n) is 4.15. The summed E-state index contributed by atoms with van der Waals surface area (Å²) in [4.78, 5) is 16.9. The maximum absolute atomic E-state index is 12.6. The molecule has 5 rings (SSSR count). The summed E-state index contributed by atoms with van der Waals surface area (Å²) in [6.45, 7) is 0. The number of para-hydroxylation sites is 1. The number of nitro groups is 1. The van der Waals surface area contributed by atoms with Gasteiger partial charge in [-0.1, -0.05) is 60.3 Å². The fourth-order valence-corrected chi connectivity index (χ4v) is 5.63. The summed E-state index contributed by atoms with van der Waals surface area (Å²) in [5.74, 6) is -0.197. The average molecular weight is 402 g/mol. The van der Waals surface area contributed by atoms with Crippen LogP contribution < -0.4 is 5.73 Å². The number of nitrogens with zero attached hydrogens (tertiary/aromatic N) is 3. The number of benzene rings is 2. The van der Waals surface area contributed by atoms with Gasteiger partial charge in [0, 0.05) is 15.9 Å². The van der Waals surface area contributed by atoms with Crippen LogP contribution in [0.15, 0.2) is 77.1 Å². The van der Waals surface area contributed by atoms with Gasteiger partial charge in [0.2, 0.25) is 12.0 Å². The van der Waals surface area contributed by atoms with E-state index < -0.39 is 21.8 Å². The third-order valence-electron chi connectivity index (χ3n) is 5.44. The molecule has 142 valence electrons. The van der Waals surface area contributed by atoms with E-state index in [1.165, 1.54) is 11.8 Å². The first kappa shape index (κ1) is 17.5. The maximum Gasteiger partial charge on any atom is 0.318 e. The van der Waals surface area contributed by atoms with Crippen molar-refractivity contribution in [3.05, 3.63) is 93.4 Å². The SMILES string of the molecule is N#CC1=C(N)O[C@@H]2c3cc4ccccc4nc3S[C@H](c3ccccc3)[C@]12[N+](=O)[O-]. The molecule has 8 heteroatoms. The molecular weight excluding hydrogens is 388 g/mol. The summed E-state index contributed by atoms with van der Waals surface area (Å²) in [5.41, 5.74) is 6.08. The first-order valence-corrected chi connectivity index (χ1v) is 9.78. The van der Waals surface area contributed by atoms with Crippen molar-refractivity contribution in [1.82, 2.24) is 4.98 Å². The molecule has 7 nitrogen and oxygen atoms in total. The van der Waals surface area contributed by atoms with E-state index >= 15 is 0 Å². The summed E-state index contributed by atoms with van der Waals surface area (Å²) < 4.78 is 5.80. The van der Waals surface area contributed by atoms with Crippen LogP contribution in [0.3, 0.4) is 0 Å². The van der Waals surface area contributed by atoms with Crippen molar-refractivity contribution in [2.24, 2.45) is 5.73 Å².